The Bertz CT molecular complexity index is 1200. The van der Waals surface area contributed by atoms with Gasteiger partial charge >= 0.3 is 17.9 Å². The molecule has 1 aliphatic rings. The first-order chi connectivity index (χ1) is 18.3. The fourth-order valence-corrected chi connectivity index (χ4v) is 5.82. The first kappa shape index (κ1) is 29.2. The van der Waals surface area contributed by atoms with Gasteiger partial charge in [-0.2, -0.15) is 0 Å². The van der Waals surface area contributed by atoms with Crippen LogP contribution in [-0.4, -0.2) is 73.3 Å². The van der Waals surface area contributed by atoms with Crippen LogP contribution in [0.5, 0.6) is 0 Å². The second-order valence-corrected chi connectivity index (χ2v) is 10.2. The molecule has 0 radical (unpaired) electrons. The van der Waals surface area contributed by atoms with Gasteiger partial charge in [-0.05, 0) is 51.3 Å². The maximum Gasteiger partial charge on any atom is 0.348 e. The van der Waals surface area contributed by atoms with Crippen LogP contribution < -0.4 is 5.32 Å². The molecule has 1 fully saturated rings. The van der Waals surface area contributed by atoms with Crippen LogP contribution in [0, 0.1) is 6.92 Å². The van der Waals surface area contributed by atoms with Crippen molar-refractivity contribution in [2.45, 2.75) is 38.5 Å². The smallest absolute Gasteiger partial charge is 0.348 e. The third kappa shape index (κ3) is 7.35. The number of likely N-dealkylation sites (tertiary alicyclic amines) is 1. The van der Waals surface area contributed by atoms with E-state index in [1.807, 2.05) is 4.90 Å². The van der Waals surface area contributed by atoms with E-state index in [4.69, 9.17) is 14.2 Å². The molecule has 1 N–H and O–H groups in total. The number of thiophene rings is 1. The normalized spacial score (nSPS) is 12.7. The van der Waals surface area contributed by atoms with Crippen molar-refractivity contribution < 1.29 is 38.2 Å². The topological polar surface area (TPSA) is 128 Å². The molecule has 3 rings (SSSR count). The summed E-state index contributed by atoms with van der Waals surface area (Å²) in [6.45, 7) is 5.99. The quantitative estimate of drug-likeness (QED) is 0.246. The molecular formula is C26H30N2O8S2. The van der Waals surface area contributed by atoms with Crippen LogP contribution in [0.4, 0.5) is 5.00 Å². The van der Waals surface area contributed by atoms with Gasteiger partial charge in [-0.15, -0.1) is 23.1 Å². The summed E-state index contributed by atoms with van der Waals surface area (Å²) in [5.41, 5.74) is 0.612. The van der Waals surface area contributed by atoms with Crippen LogP contribution in [0.15, 0.2) is 29.2 Å². The summed E-state index contributed by atoms with van der Waals surface area (Å²) in [6, 6.07) is 6.70. The van der Waals surface area contributed by atoms with E-state index in [1.54, 1.807) is 45.0 Å². The third-order valence-corrected chi connectivity index (χ3v) is 7.84. The van der Waals surface area contributed by atoms with E-state index in [2.05, 4.69) is 5.32 Å². The van der Waals surface area contributed by atoms with E-state index >= 15 is 0 Å². The van der Waals surface area contributed by atoms with E-state index in [1.165, 1.54) is 11.8 Å². The van der Waals surface area contributed by atoms with E-state index in [9.17, 15) is 24.0 Å². The van der Waals surface area contributed by atoms with Gasteiger partial charge in [0.1, 0.15) is 9.88 Å². The summed E-state index contributed by atoms with van der Waals surface area (Å²) in [7, 11) is 0. The molecule has 1 aliphatic heterocycles. The Hall–Kier alpha value is -3.38. The molecule has 2 amide bonds. The first-order valence-electron chi connectivity index (χ1n) is 12.2. The predicted octanol–water partition coefficient (Wildman–Crippen LogP) is 3.92. The van der Waals surface area contributed by atoms with Crippen molar-refractivity contribution in [2.24, 2.45) is 0 Å². The summed E-state index contributed by atoms with van der Waals surface area (Å²) in [4.78, 5) is 65.1. The van der Waals surface area contributed by atoms with Gasteiger partial charge < -0.3 is 24.4 Å². The lowest BCUT2D eigenvalue weighted by Gasteiger charge is -2.15. The largest absolute Gasteiger partial charge is 0.462 e. The van der Waals surface area contributed by atoms with Gasteiger partial charge in [0, 0.05) is 18.0 Å². The van der Waals surface area contributed by atoms with Gasteiger partial charge in [0.05, 0.1) is 30.1 Å². The van der Waals surface area contributed by atoms with Crippen molar-refractivity contribution >= 4 is 57.8 Å². The number of esters is 3. The van der Waals surface area contributed by atoms with Crippen LogP contribution in [-0.2, 0) is 23.8 Å². The zero-order chi connectivity index (χ0) is 27.7. The first-order valence-corrected chi connectivity index (χ1v) is 14.0. The number of rotatable bonds is 11. The number of thioether (sulfide) groups is 1. The minimum absolute atomic E-state index is 0.0147. The molecule has 204 valence electrons. The minimum Gasteiger partial charge on any atom is -0.462 e. The molecule has 10 nitrogen and oxygen atoms in total. The SMILES string of the molecule is CCOC(=O)c1sc(NC(=O)COC(=O)c2ccccc2SCC(=O)N2CCCC2)c(C(=O)OCC)c1C. The average Bonchev–Trinajstić information content (AvgIpc) is 3.55. The Labute approximate surface area is 229 Å². The average molecular weight is 563 g/mol. The number of benzene rings is 1. The number of hydrogen-bond donors (Lipinski definition) is 1. The van der Waals surface area contributed by atoms with Crippen molar-refractivity contribution in [3.8, 4) is 0 Å². The molecule has 0 saturated carbocycles. The number of ether oxygens (including phenoxy) is 3. The van der Waals surface area contributed by atoms with Gasteiger partial charge in [-0.25, -0.2) is 14.4 Å². The highest BCUT2D eigenvalue weighted by Gasteiger charge is 2.28. The molecule has 12 heteroatoms. The molecule has 0 atom stereocenters. The maximum atomic E-state index is 12.8. The van der Waals surface area contributed by atoms with Crippen LogP contribution in [0.3, 0.4) is 0 Å². The molecule has 38 heavy (non-hydrogen) atoms. The molecular weight excluding hydrogens is 532 g/mol. The Balaban J connectivity index is 1.65. The van der Waals surface area contributed by atoms with Gasteiger partial charge in [0.15, 0.2) is 6.61 Å². The second kappa shape index (κ2) is 14.0. The zero-order valence-corrected chi connectivity index (χ0v) is 23.1. The number of anilines is 1. The Morgan fingerprint density at radius 3 is 2.29 bits per heavy atom. The van der Waals surface area contributed by atoms with Crippen molar-refractivity contribution in [3.05, 3.63) is 45.8 Å². The molecule has 0 aliphatic carbocycles. The molecule has 2 heterocycles. The summed E-state index contributed by atoms with van der Waals surface area (Å²) in [5.74, 6) is -2.53. The Kier molecular flexibility index (Phi) is 10.7. The van der Waals surface area contributed by atoms with Gasteiger partial charge in [0.2, 0.25) is 5.91 Å². The van der Waals surface area contributed by atoms with E-state index in [-0.39, 0.29) is 45.9 Å². The number of carbonyl (C=O) groups is 5. The van der Waals surface area contributed by atoms with E-state index in [0.717, 1.165) is 37.3 Å². The molecule has 0 spiro atoms. The minimum atomic E-state index is -0.725. The highest BCUT2D eigenvalue weighted by atomic mass is 32.2. The predicted molar refractivity (Wildman–Crippen MR) is 143 cm³/mol. The summed E-state index contributed by atoms with van der Waals surface area (Å²) < 4.78 is 15.3. The summed E-state index contributed by atoms with van der Waals surface area (Å²) in [6.07, 6.45) is 2.00. The van der Waals surface area contributed by atoms with Crippen LogP contribution >= 0.6 is 23.1 Å². The van der Waals surface area contributed by atoms with Crippen molar-refractivity contribution in [2.75, 3.05) is 44.0 Å². The maximum absolute atomic E-state index is 12.8. The van der Waals surface area contributed by atoms with Crippen molar-refractivity contribution in [1.82, 2.24) is 4.90 Å². The van der Waals surface area contributed by atoms with E-state index < -0.39 is 30.4 Å². The number of nitrogens with one attached hydrogen (secondary N) is 1. The molecule has 1 saturated heterocycles. The third-order valence-electron chi connectivity index (χ3n) is 5.59. The van der Waals surface area contributed by atoms with Gasteiger partial charge in [-0.3, -0.25) is 9.59 Å². The summed E-state index contributed by atoms with van der Waals surface area (Å²) in [5, 5.41) is 2.64. The van der Waals surface area contributed by atoms with Gasteiger partial charge in [0.25, 0.3) is 5.91 Å². The zero-order valence-electron chi connectivity index (χ0n) is 21.5. The van der Waals surface area contributed by atoms with Crippen LogP contribution in [0.2, 0.25) is 0 Å². The fourth-order valence-electron chi connectivity index (χ4n) is 3.77. The standard InChI is InChI=1S/C26H30N2O8S2/c1-4-34-25(32)21-16(3)22(26(33)35-5-2)38-23(21)27-19(29)14-36-24(31)17-10-6-7-11-18(17)37-15-20(30)28-12-8-9-13-28/h6-7,10-11H,4-5,8-9,12-15H2,1-3H3,(H,27,29). The van der Waals surface area contributed by atoms with Crippen molar-refractivity contribution in [3.63, 3.8) is 0 Å². The Morgan fingerprint density at radius 2 is 1.61 bits per heavy atom. The number of amides is 2. The van der Waals surface area contributed by atoms with Crippen LogP contribution in [0.1, 0.15) is 62.6 Å². The monoisotopic (exact) mass is 562 g/mol. The molecule has 0 unspecified atom stereocenters. The highest BCUT2D eigenvalue weighted by Crippen LogP contribution is 2.34. The number of hydrogen-bond acceptors (Lipinski definition) is 10. The van der Waals surface area contributed by atoms with Gasteiger partial charge in [-0.1, -0.05) is 12.1 Å². The summed E-state index contributed by atoms with van der Waals surface area (Å²) >= 11 is 2.12. The number of carbonyl (C=O) groups excluding carboxylic acids is 5. The fraction of sp³-hybridized carbons (Fsp3) is 0.423. The highest BCUT2D eigenvalue weighted by molar-refractivity contribution is 8.00. The molecule has 2 aromatic rings. The lowest BCUT2D eigenvalue weighted by atomic mass is 10.1. The number of nitrogens with zero attached hydrogens (tertiary/aromatic N) is 1. The lowest BCUT2D eigenvalue weighted by molar-refractivity contribution is -0.127. The van der Waals surface area contributed by atoms with Crippen LogP contribution in [0.25, 0.3) is 0 Å². The van der Waals surface area contributed by atoms with E-state index in [0.29, 0.717) is 10.5 Å². The molecule has 0 bridgehead atoms. The Morgan fingerprint density at radius 1 is 0.947 bits per heavy atom. The van der Waals surface area contributed by atoms with Crippen molar-refractivity contribution in [1.29, 1.82) is 0 Å². The second-order valence-electron chi connectivity index (χ2n) is 8.20. The molecule has 1 aromatic heterocycles. The molecule has 1 aromatic carbocycles. The lowest BCUT2D eigenvalue weighted by Crippen LogP contribution is -2.29.